The molecule has 236 valence electrons. The van der Waals surface area contributed by atoms with Gasteiger partial charge in [0.1, 0.15) is 12.2 Å². The molecule has 0 aromatic carbocycles. The van der Waals surface area contributed by atoms with Crippen LogP contribution in [0.5, 0.6) is 0 Å². The first-order valence-electron chi connectivity index (χ1n) is 16.2. The van der Waals surface area contributed by atoms with Crippen LogP contribution < -0.4 is 0 Å². The minimum absolute atomic E-state index is 0.0925. The Morgan fingerprint density at radius 1 is 0.359 bits per heavy atom. The van der Waals surface area contributed by atoms with Crippen LogP contribution in [0.3, 0.4) is 0 Å². The topological polar surface area (TPSA) is 46.2 Å². The van der Waals surface area contributed by atoms with Gasteiger partial charge in [-0.2, -0.15) is 0 Å². The average molecular weight is 559 g/mol. The molecule has 0 aromatic rings. The van der Waals surface area contributed by atoms with Gasteiger partial charge in [-0.25, -0.2) is 0 Å². The van der Waals surface area contributed by atoms with E-state index in [1.54, 1.807) is 7.11 Å². The van der Waals surface area contributed by atoms with Gasteiger partial charge in [-0.15, -0.1) is 0 Å². The van der Waals surface area contributed by atoms with E-state index in [-0.39, 0.29) is 30.5 Å². The Kier molecular flexibility index (Phi) is 22.3. The maximum absolute atomic E-state index is 6.71. The predicted octanol–water partition coefficient (Wildman–Crippen LogP) is 8.82. The quantitative estimate of drug-likeness (QED) is 0.112. The fourth-order valence-corrected chi connectivity index (χ4v) is 5.23. The smallest absolute Gasteiger partial charge is 0.104 e. The third-order valence-corrected chi connectivity index (χ3v) is 6.77. The fourth-order valence-electron chi connectivity index (χ4n) is 5.23. The molecule has 2 unspecified atom stereocenters. The molecule has 0 aliphatic carbocycles. The summed E-state index contributed by atoms with van der Waals surface area (Å²) in [6.45, 7) is 29.3. The first-order valence-corrected chi connectivity index (χ1v) is 16.2. The van der Waals surface area contributed by atoms with Crippen molar-refractivity contribution in [3.8, 4) is 0 Å². The first-order chi connectivity index (χ1) is 18.2. The number of methoxy groups -OCH3 is 1. The van der Waals surface area contributed by atoms with E-state index in [0.717, 1.165) is 38.5 Å². The standard InChI is InChI=1S/C34H70O5/c1-24(2)14-30(15-25(3)4)37-22-33(35-13)20-36-21-34(39-32(18-28(9)10)19-29(11)12)23-38-31(16-26(5)6)17-27(7)8/h24-34H,14-23H2,1-13H3. The van der Waals surface area contributed by atoms with Crippen molar-refractivity contribution in [3.63, 3.8) is 0 Å². The van der Waals surface area contributed by atoms with Crippen LogP contribution in [0.2, 0.25) is 0 Å². The molecular weight excluding hydrogens is 488 g/mol. The molecular formula is C34H70O5. The molecule has 0 fully saturated rings. The molecule has 0 aliphatic heterocycles. The molecule has 39 heavy (non-hydrogen) atoms. The SMILES string of the molecule is COC(COCC(COC(CC(C)C)CC(C)C)OC(CC(C)C)CC(C)C)COC(CC(C)C)CC(C)C. The normalized spacial score (nSPS) is 14.6. The van der Waals surface area contributed by atoms with Crippen molar-refractivity contribution in [2.75, 3.05) is 33.5 Å². The highest BCUT2D eigenvalue weighted by atomic mass is 16.6. The molecule has 0 N–H and O–H groups in total. The van der Waals surface area contributed by atoms with Crippen LogP contribution in [0.4, 0.5) is 0 Å². The molecule has 0 rings (SSSR count). The monoisotopic (exact) mass is 559 g/mol. The second-order valence-corrected chi connectivity index (χ2v) is 14.5. The average Bonchev–Trinajstić information content (AvgIpc) is 2.76. The molecule has 0 saturated carbocycles. The lowest BCUT2D eigenvalue weighted by Gasteiger charge is -2.30. The van der Waals surface area contributed by atoms with Crippen LogP contribution in [0.15, 0.2) is 0 Å². The molecule has 0 spiro atoms. The molecule has 5 heteroatoms. The van der Waals surface area contributed by atoms with Gasteiger partial charge in [-0.1, -0.05) is 83.1 Å². The van der Waals surface area contributed by atoms with Crippen LogP contribution in [-0.2, 0) is 23.7 Å². The molecule has 0 heterocycles. The summed E-state index contributed by atoms with van der Waals surface area (Å²) >= 11 is 0. The highest BCUT2D eigenvalue weighted by Crippen LogP contribution is 2.22. The van der Waals surface area contributed by atoms with E-state index in [1.807, 2.05) is 0 Å². The largest absolute Gasteiger partial charge is 0.377 e. The summed E-state index contributed by atoms with van der Waals surface area (Å²) in [5, 5.41) is 0. The zero-order valence-corrected chi connectivity index (χ0v) is 28.5. The van der Waals surface area contributed by atoms with Crippen LogP contribution in [0.25, 0.3) is 0 Å². The Labute approximate surface area is 244 Å². The summed E-state index contributed by atoms with van der Waals surface area (Å²) < 4.78 is 31.5. The molecule has 0 aliphatic rings. The van der Waals surface area contributed by atoms with E-state index in [1.165, 1.54) is 0 Å². The van der Waals surface area contributed by atoms with Crippen LogP contribution in [0, 0.1) is 35.5 Å². The van der Waals surface area contributed by atoms with Crippen molar-refractivity contribution < 1.29 is 23.7 Å². The van der Waals surface area contributed by atoms with Gasteiger partial charge in [-0.05, 0) is 74.0 Å². The van der Waals surface area contributed by atoms with E-state index in [4.69, 9.17) is 23.7 Å². The second kappa shape index (κ2) is 22.4. The van der Waals surface area contributed by atoms with E-state index >= 15 is 0 Å². The summed E-state index contributed by atoms with van der Waals surface area (Å²) in [7, 11) is 1.75. The zero-order chi connectivity index (χ0) is 30.0. The second-order valence-electron chi connectivity index (χ2n) is 14.5. The summed E-state index contributed by atoms with van der Waals surface area (Å²) in [5.74, 6) is 3.62. The van der Waals surface area contributed by atoms with Crippen LogP contribution >= 0.6 is 0 Å². The van der Waals surface area contributed by atoms with Crippen LogP contribution in [0.1, 0.15) is 122 Å². The molecule has 0 radical (unpaired) electrons. The third kappa shape index (κ3) is 23.1. The Hall–Kier alpha value is -0.200. The summed E-state index contributed by atoms with van der Waals surface area (Å²) in [4.78, 5) is 0. The summed E-state index contributed by atoms with van der Waals surface area (Å²) in [6.07, 6.45) is 6.94. The van der Waals surface area contributed by atoms with Crippen molar-refractivity contribution in [1.29, 1.82) is 0 Å². The Balaban J connectivity index is 5.23. The van der Waals surface area contributed by atoms with Gasteiger partial charge in [0.05, 0.1) is 44.7 Å². The van der Waals surface area contributed by atoms with Gasteiger partial charge in [0.2, 0.25) is 0 Å². The lowest BCUT2D eigenvalue weighted by atomic mass is 9.97. The fraction of sp³-hybridized carbons (Fsp3) is 1.00. The van der Waals surface area contributed by atoms with Gasteiger partial charge in [0.15, 0.2) is 0 Å². The van der Waals surface area contributed by atoms with E-state index in [2.05, 4.69) is 83.1 Å². The summed E-state index contributed by atoms with van der Waals surface area (Å²) in [6, 6.07) is 0. The molecule has 0 amide bonds. The Morgan fingerprint density at radius 2 is 0.667 bits per heavy atom. The van der Waals surface area contributed by atoms with Gasteiger partial charge in [0.25, 0.3) is 0 Å². The van der Waals surface area contributed by atoms with E-state index < -0.39 is 0 Å². The van der Waals surface area contributed by atoms with Crippen molar-refractivity contribution in [1.82, 2.24) is 0 Å². The maximum Gasteiger partial charge on any atom is 0.104 e. The predicted molar refractivity (Wildman–Crippen MR) is 166 cm³/mol. The zero-order valence-electron chi connectivity index (χ0n) is 28.5. The molecule has 5 nitrogen and oxygen atoms in total. The van der Waals surface area contributed by atoms with Crippen molar-refractivity contribution in [2.45, 2.75) is 152 Å². The van der Waals surface area contributed by atoms with Crippen molar-refractivity contribution >= 4 is 0 Å². The molecule has 0 aromatic heterocycles. The van der Waals surface area contributed by atoms with Gasteiger partial charge in [-0.3, -0.25) is 0 Å². The van der Waals surface area contributed by atoms with Gasteiger partial charge in [0, 0.05) is 7.11 Å². The number of rotatable bonds is 25. The van der Waals surface area contributed by atoms with Crippen molar-refractivity contribution in [3.05, 3.63) is 0 Å². The lowest BCUT2D eigenvalue weighted by molar-refractivity contribution is -0.128. The number of hydrogen-bond acceptors (Lipinski definition) is 5. The van der Waals surface area contributed by atoms with Crippen LogP contribution in [-0.4, -0.2) is 64.1 Å². The van der Waals surface area contributed by atoms with Gasteiger partial charge >= 0.3 is 0 Å². The molecule has 2 atom stereocenters. The van der Waals surface area contributed by atoms with Crippen molar-refractivity contribution in [2.24, 2.45) is 35.5 Å². The summed E-state index contributed by atoms with van der Waals surface area (Å²) in [5.41, 5.74) is 0. The highest BCUT2D eigenvalue weighted by Gasteiger charge is 2.23. The number of hydrogen-bond donors (Lipinski definition) is 0. The Morgan fingerprint density at radius 3 is 1.00 bits per heavy atom. The Bertz CT molecular complexity index is 516. The highest BCUT2D eigenvalue weighted by molar-refractivity contribution is 4.71. The third-order valence-electron chi connectivity index (χ3n) is 6.77. The minimum Gasteiger partial charge on any atom is -0.377 e. The van der Waals surface area contributed by atoms with E-state index in [9.17, 15) is 0 Å². The lowest BCUT2D eigenvalue weighted by Crippen LogP contribution is -2.36. The maximum atomic E-state index is 6.71. The molecule has 0 bridgehead atoms. The van der Waals surface area contributed by atoms with E-state index in [0.29, 0.717) is 61.9 Å². The molecule has 0 saturated heterocycles. The van der Waals surface area contributed by atoms with Gasteiger partial charge < -0.3 is 23.7 Å². The number of ether oxygens (including phenoxy) is 5. The first kappa shape index (κ1) is 38.8. The minimum atomic E-state index is -0.0950.